The number of aromatic nitrogens is 2. The lowest BCUT2D eigenvalue weighted by Crippen LogP contribution is -2.14. The second-order valence-corrected chi connectivity index (χ2v) is 6.72. The number of nitrogens with one attached hydrogen (secondary N) is 2. The normalized spacial score (nSPS) is 10.3. The fourth-order valence-corrected chi connectivity index (χ4v) is 3.37. The number of hydrogen-bond donors (Lipinski definition) is 2. The molecule has 1 heterocycles. The van der Waals surface area contributed by atoms with Crippen molar-refractivity contribution in [1.29, 1.82) is 0 Å². The summed E-state index contributed by atoms with van der Waals surface area (Å²) in [6.45, 7) is 2.77. The zero-order valence-corrected chi connectivity index (χ0v) is 14.4. The molecular formula is C13H15ClN4O2S2. The Morgan fingerprint density at radius 1 is 1.45 bits per heavy atom. The number of carbonyl (C=O) groups is 1. The van der Waals surface area contributed by atoms with Crippen molar-refractivity contribution in [2.45, 2.75) is 11.3 Å². The predicted molar refractivity (Wildman–Crippen MR) is 91.4 cm³/mol. The molecule has 0 bridgehead atoms. The van der Waals surface area contributed by atoms with E-state index >= 15 is 0 Å². The minimum atomic E-state index is -0.161. The van der Waals surface area contributed by atoms with Gasteiger partial charge in [0.05, 0.1) is 18.6 Å². The minimum absolute atomic E-state index is 0.161. The Hall–Kier alpha value is -1.51. The quantitative estimate of drug-likeness (QED) is 0.739. The van der Waals surface area contributed by atoms with Gasteiger partial charge < -0.3 is 15.4 Å². The summed E-state index contributed by atoms with van der Waals surface area (Å²) in [7, 11) is 1.54. The number of benzene rings is 1. The van der Waals surface area contributed by atoms with Crippen LogP contribution in [0.2, 0.25) is 5.02 Å². The molecule has 118 valence electrons. The van der Waals surface area contributed by atoms with Gasteiger partial charge in [0.2, 0.25) is 11.0 Å². The van der Waals surface area contributed by atoms with Gasteiger partial charge in [-0.1, -0.05) is 34.7 Å². The van der Waals surface area contributed by atoms with E-state index in [9.17, 15) is 4.79 Å². The van der Waals surface area contributed by atoms with Gasteiger partial charge in [-0.2, -0.15) is 0 Å². The number of carbonyl (C=O) groups excluding carboxylic acids is 1. The van der Waals surface area contributed by atoms with Crippen LogP contribution in [0.15, 0.2) is 22.5 Å². The van der Waals surface area contributed by atoms with Crippen LogP contribution in [0.3, 0.4) is 0 Å². The van der Waals surface area contributed by atoms with Crippen molar-refractivity contribution in [2.75, 3.05) is 30.0 Å². The topological polar surface area (TPSA) is 76.1 Å². The number of anilines is 2. The number of amides is 1. The first-order chi connectivity index (χ1) is 10.6. The molecule has 6 nitrogen and oxygen atoms in total. The maximum absolute atomic E-state index is 12.0. The molecule has 0 aliphatic heterocycles. The van der Waals surface area contributed by atoms with Gasteiger partial charge >= 0.3 is 0 Å². The van der Waals surface area contributed by atoms with Crippen LogP contribution in [0.5, 0.6) is 5.75 Å². The van der Waals surface area contributed by atoms with Crippen LogP contribution in [0.1, 0.15) is 6.92 Å². The van der Waals surface area contributed by atoms with Crippen molar-refractivity contribution >= 4 is 51.4 Å². The van der Waals surface area contributed by atoms with E-state index in [4.69, 9.17) is 16.3 Å². The molecule has 2 N–H and O–H groups in total. The first-order valence-electron chi connectivity index (χ1n) is 6.46. The third kappa shape index (κ3) is 4.75. The third-order valence-corrected chi connectivity index (χ3v) is 4.75. The fourth-order valence-electron chi connectivity index (χ4n) is 1.58. The van der Waals surface area contributed by atoms with E-state index in [0.717, 1.165) is 16.0 Å². The van der Waals surface area contributed by atoms with Crippen molar-refractivity contribution in [3.8, 4) is 5.75 Å². The van der Waals surface area contributed by atoms with Crippen LogP contribution in [0.4, 0.5) is 10.8 Å². The number of nitrogens with zero attached hydrogens (tertiary/aromatic N) is 2. The molecule has 0 saturated carbocycles. The summed E-state index contributed by atoms with van der Waals surface area (Å²) in [6.07, 6.45) is 0. The van der Waals surface area contributed by atoms with Gasteiger partial charge in [-0.3, -0.25) is 4.79 Å². The Morgan fingerprint density at radius 2 is 2.27 bits per heavy atom. The van der Waals surface area contributed by atoms with Gasteiger partial charge in [0.1, 0.15) is 5.75 Å². The highest BCUT2D eigenvalue weighted by molar-refractivity contribution is 8.01. The van der Waals surface area contributed by atoms with Gasteiger partial charge in [-0.05, 0) is 25.1 Å². The van der Waals surface area contributed by atoms with Gasteiger partial charge in [0, 0.05) is 11.6 Å². The molecule has 0 aliphatic rings. The predicted octanol–water partition coefficient (Wildman–Crippen LogP) is 3.36. The maximum atomic E-state index is 12.0. The Labute approximate surface area is 141 Å². The van der Waals surface area contributed by atoms with Crippen LogP contribution in [-0.2, 0) is 4.79 Å². The van der Waals surface area contributed by atoms with E-state index < -0.39 is 0 Å². The van der Waals surface area contributed by atoms with Gasteiger partial charge in [-0.25, -0.2) is 0 Å². The molecule has 9 heteroatoms. The minimum Gasteiger partial charge on any atom is -0.495 e. The summed E-state index contributed by atoms with van der Waals surface area (Å²) in [5.74, 6) is 0.634. The zero-order valence-electron chi connectivity index (χ0n) is 12.1. The largest absolute Gasteiger partial charge is 0.495 e. The SMILES string of the molecule is CCNc1nnc(SCC(=O)Nc2cc(Cl)ccc2OC)s1. The van der Waals surface area contributed by atoms with Gasteiger partial charge in [0.25, 0.3) is 0 Å². The highest BCUT2D eigenvalue weighted by Gasteiger charge is 2.11. The first-order valence-corrected chi connectivity index (χ1v) is 8.64. The Bertz CT molecular complexity index is 651. The van der Waals surface area contributed by atoms with Crippen molar-refractivity contribution in [2.24, 2.45) is 0 Å². The molecule has 0 radical (unpaired) electrons. The molecule has 0 unspecified atom stereocenters. The Kier molecular flexibility index (Phi) is 6.29. The number of rotatable bonds is 7. The van der Waals surface area contributed by atoms with E-state index in [0.29, 0.717) is 16.5 Å². The molecular weight excluding hydrogens is 344 g/mol. The maximum Gasteiger partial charge on any atom is 0.234 e. The summed E-state index contributed by atoms with van der Waals surface area (Å²) >= 11 is 8.68. The Morgan fingerprint density at radius 3 is 3.00 bits per heavy atom. The first kappa shape index (κ1) is 16.9. The average molecular weight is 359 g/mol. The molecule has 0 fully saturated rings. The van der Waals surface area contributed by atoms with E-state index in [1.807, 2.05) is 6.92 Å². The van der Waals surface area contributed by atoms with Crippen LogP contribution in [0.25, 0.3) is 0 Å². The number of hydrogen-bond acceptors (Lipinski definition) is 7. The summed E-state index contributed by atoms with van der Waals surface area (Å²) in [6, 6.07) is 5.06. The van der Waals surface area contributed by atoms with Crippen LogP contribution in [-0.4, -0.2) is 35.5 Å². The zero-order chi connectivity index (χ0) is 15.9. The van der Waals surface area contributed by atoms with E-state index in [2.05, 4.69) is 20.8 Å². The molecule has 1 aromatic heterocycles. The molecule has 0 atom stereocenters. The number of halogens is 1. The third-order valence-electron chi connectivity index (χ3n) is 2.50. The Balaban J connectivity index is 1.91. The average Bonchev–Trinajstić information content (AvgIpc) is 2.94. The van der Waals surface area contributed by atoms with Crippen LogP contribution >= 0.6 is 34.7 Å². The second kappa shape index (κ2) is 8.21. The molecule has 1 aromatic carbocycles. The van der Waals surface area contributed by atoms with Crippen molar-refractivity contribution in [3.63, 3.8) is 0 Å². The van der Waals surface area contributed by atoms with E-state index in [1.54, 1.807) is 18.2 Å². The summed E-state index contributed by atoms with van der Waals surface area (Å²) in [5.41, 5.74) is 0.547. The van der Waals surface area contributed by atoms with E-state index in [1.165, 1.54) is 30.2 Å². The molecule has 1 amide bonds. The summed E-state index contributed by atoms with van der Waals surface area (Å²) in [4.78, 5) is 12.0. The number of ether oxygens (including phenoxy) is 1. The summed E-state index contributed by atoms with van der Waals surface area (Å²) < 4.78 is 5.93. The number of thioether (sulfide) groups is 1. The fraction of sp³-hybridized carbons (Fsp3) is 0.308. The van der Waals surface area contributed by atoms with Crippen molar-refractivity contribution in [1.82, 2.24) is 10.2 Å². The number of methoxy groups -OCH3 is 1. The molecule has 0 aliphatic carbocycles. The second-order valence-electron chi connectivity index (χ2n) is 4.08. The van der Waals surface area contributed by atoms with Gasteiger partial charge in [0.15, 0.2) is 4.34 Å². The van der Waals surface area contributed by atoms with Crippen LogP contribution < -0.4 is 15.4 Å². The lowest BCUT2D eigenvalue weighted by molar-refractivity contribution is -0.113. The highest BCUT2D eigenvalue weighted by atomic mass is 35.5. The lowest BCUT2D eigenvalue weighted by Gasteiger charge is -2.09. The molecule has 0 spiro atoms. The molecule has 22 heavy (non-hydrogen) atoms. The van der Waals surface area contributed by atoms with E-state index in [-0.39, 0.29) is 11.7 Å². The standard InChI is InChI=1S/C13H15ClN4O2S2/c1-3-15-12-17-18-13(22-12)21-7-11(19)16-9-6-8(14)4-5-10(9)20-2/h4-6H,3,7H2,1-2H3,(H,15,17)(H,16,19). The lowest BCUT2D eigenvalue weighted by atomic mass is 10.3. The smallest absolute Gasteiger partial charge is 0.234 e. The summed E-state index contributed by atoms with van der Waals surface area (Å²) in [5, 5.41) is 15.1. The monoisotopic (exact) mass is 358 g/mol. The molecule has 2 aromatic rings. The molecule has 0 saturated heterocycles. The van der Waals surface area contributed by atoms with Gasteiger partial charge in [-0.15, -0.1) is 10.2 Å². The molecule has 2 rings (SSSR count). The highest BCUT2D eigenvalue weighted by Crippen LogP contribution is 2.29. The van der Waals surface area contributed by atoms with Crippen molar-refractivity contribution < 1.29 is 9.53 Å². The van der Waals surface area contributed by atoms with Crippen LogP contribution in [0, 0.1) is 0 Å². The van der Waals surface area contributed by atoms with Crippen molar-refractivity contribution in [3.05, 3.63) is 23.2 Å².